The van der Waals surface area contributed by atoms with E-state index in [0.717, 1.165) is 35.1 Å². The van der Waals surface area contributed by atoms with E-state index in [1.165, 1.54) is 0 Å². The topological polar surface area (TPSA) is 42.0 Å². The van der Waals surface area contributed by atoms with Crippen molar-refractivity contribution in [3.63, 3.8) is 0 Å². The molecule has 18 heavy (non-hydrogen) atoms. The van der Waals surface area contributed by atoms with Gasteiger partial charge in [-0.05, 0) is 25.0 Å². The van der Waals surface area contributed by atoms with Crippen molar-refractivity contribution in [3.8, 4) is 0 Å². The molecule has 0 saturated carbocycles. The number of aromatic nitrogens is 1. The fraction of sp³-hybridized carbons (Fsp3) is 0.200. The molecule has 0 aliphatic heterocycles. The van der Waals surface area contributed by atoms with Crippen molar-refractivity contribution in [1.82, 2.24) is 4.98 Å². The second kappa shape index (κ2) is 4.61. The smallest absolute Gasteiger partial charge is 0.157 e. The van der Waals surface area contributed by atoms with Crippen LogP contribution in [0.4, 0.5) is 5.69 Å². The summed E-state index contributed by atoms with van der Waals surface area (Å²) >= 11 is 0. The van der Waals surface area contributed by atoms with Crippen molar-refractivity contribution in [2.75, 3.05) is 5.32 Å². The molecule has 1 heterocycles. The highest BCUT2D eigenvalue weighted by atomic mass is 16.1. The predicted octanol–water partition coefficient (Wildman–Crippen LogP) is 3.28. The summed E-state index contributed by atoms with van der Waals surface area (Å²) in [6.07, 6.45) is 6.02. The first-order valence-electron chi connectivity index (χ1n) is 6.17. The summed E-state index contributed by atoms with van der Waals surface area (Å²) in [7, 11) is 0. The van der Waals surface area contributed by atoms with Crippen molar-refractivity contribution in [3.05, 3.63) is 48.3 Å². The number of pyridine rings is 1. The average molecular weight is 238 g/mol. The summed E-state index contributed by atoms with van der Waals surface area (Å²) in [4.78, 5) is 15.8. The Morgan fingerprint density at radius 2 is 2.00 bits per heavy atom. The first kappa shape index (κ1) is 11.0. The van der Waals surface area contributed by atoms with E-state index in [1.807, 2.05) is 30.3 Å². The number of anilines is 1. The molecule has 0 amide bonds. The third-order valence-electron chi connectivity index (χ3n) is 3.13. The number of fused-ring (bicyclic) bond motifs is 1. The molecule has 1 aliphatic carbocycles. The van der Waals surface area contributed by atoms with Crippen LogP contribution in [0.15, 0.2) is 48.3 Å². The molecular formula is C15H14N2O. The molecule has 2 aromatic rings. The normalized spacial score (nSPS) is 15.6. The van der Waals surface area contributed by atoms with Crippen LogP contribution in [0.25, 0.3) is 10.9 Å². The van der Waals surface area contributed by atoms with E-state index >= 15 is 0 Å². The first-order valence-corrected chi connectivity index (χ1v) is 6.17. The van der Waals surface area contributed by atoms with Crippen LogP contribution >= 0.6 is 0 Å². The predicted molar refractivity (Wildman–Crippen MR) is 72.3 cm³/mol. The van der Waals surface area contributed by atoms with Crippen LogP contribution in [0, 0.1) is 0 Å². The minimum atomic E-state index is 0.206. The molecule has 90 valence electrons. The van der Waals surface area contributed by atoms with Gasteiger partial charge >= 0.3 is 0 Å². The fourth-order valence-electron chi connectivity index (χ4n) is 2.27. The van der Waals surface area contributed by atoms with Crippen molar-refractivity contribution in [2.24, 2.45) is 0 Å². The van der Waals surface area contributed by atoms with Crippen LogP contribution in [0.5, 0.6) is 0 Å². The lowest BCUT2D eigenvalue weighted by Gasteiger charge is -2.15. The van der Waals surface area contributed by atoms with Crippen LogP contribution in [0.2, 0.25) is 0 Å². The maximum Gasteiger partial charge on any atom is 0.157 e. The van der Waals surface area contributed by atoms with Gasteiger partial charge in [-0.25, -0.2) is 0 Å². The van der Waals surface area contributed by atoms with Crippen molar-refractivity contribution in [2.45, 2.75) is 19.3 Å². The number of benzene rings is 1. The Morgan fingerprint density at radius 1 is 1.11 bits per heavy atom. The van der Waals surface area contributed by atoms with Gasteiger partial charge in [0, 0.05) is 29.8 Å². The summed E-state index contributed by atoms with van der Waals surface area (Å²) in [5, 5.41) is 4.43. The molecule has 0 radical (unpaired) electrons. The lowest BCUT2D eigenvalue weighted by molar-refractivity contribution is -0.115. The van der Waals surface area contributed by atoms with Gasteiger partial charge < -0.3 is 5.32 Å². The molecule has 0 bridgehead atoms. The summed E-state index contributed by atoms with van der Waals surface area (Å²) in [5.74, 6) is 0.206. The minimum Gasteiger partial charge on any atom is -0.357 e. The Balaban J connectivity index is 1.97. The number of nitrogens with zero attached hydrogens (tertiary/aromatic N) is 1. The third kappa shape index (κ3) is 2.12. The van der Waals surface area contributed by atoms with Gasteiger partial charge in [0.2, 0.25) is 0 Å². The molecule has 3 rings (SSSR count). The number of para-hydroxylation sites is 1. The number of ketones is 1. The monoisotopic (exact) mass is 238 g/mol. The second-order valence-corrected chi connectivity index (χ2v) is 4.50. The van der Waals surface area contributed by atoms with Crippen molar-refractivity contribution < 1.29 is 4.79 Å². The minimum absolute atomic E-state index is 0.206. The highest BCUT2D eigenvalue weighted by Gasteiger charge is 2.11. The lowest BCUT2D eigenvalue weighted by atomic mass is 10.0. The number of carbonyl (C=O) groups excluding carboxylic acids is 1. The Labute approximate surface area is 106 Å². The zero-order valence-electron chi connectivity index (χ0n) is 10.0. The number of allylic oxidation sites excluding steroid dienone is 2. The van der Waals surface area contributed by atoms with Gasteiger partial charge in [0.25, 0.3) is 0 Å². The van der Waals surface area contributed by atoms with Gasteiger partial charge in [0.15, 0.2) is 5.78 Å². The number of hydrogen-bond donors (Lipinski definition) is 1. The van der Waals surface area contributed by atoms with Crippen LogP contribution in [-0.4, -0.2) is 10.8 Å². The molecule has 1 N–H and O–H groups in total. The van der Waals surface area contributed by atoms with E-state index in [1.54, 1.807) is 12.3 Å². The van der Waals surface area contributed by atoms with E-state index in [9.17, 15) is 4.79 Å². The molecular weight excluding hydrogens is 224 g/mol. The summed E-state index contributed by atoms with van der Waals surface area (Å²) in [6.45, 7) is 0. The maximum atomic E-state index is 11.4. The molecule has 1 aromatic carbocycles. The average Bonchev–Trinajstić information content (AvgIpc) is 2.39. The highest BCUT2D eigenvalue weighted by molar-refractivity contribution is 5.94. The third-order valence-corrected chi connectivity index (χ3v) is 3.13. The highest BCUT2D eigenvalue weighted by Crippen LogP contribution is 2.24. The van der Waals surface area contributed by atoms with Gasteiger partial charge in [-0.15, -0.1) is 0 Å². The summed E-state index contributed by atoms with van der Waals surface area (Å²) in [5.41, 5.74) is 2.90. The summed E-state index contributed by atoms with van der Waals surface area (Å²) in [6, 6.07) is 9.99. The molecule has 3 nitrogen and oxygen atoms in total. The van der Waals surface area contributed by atoms with Crippen LogP contribution in [-0.2, 0) is 4.79 Å². The van der Waals surface area contributed by atoms with Crippen molar-refractivity contribution >= 4 is 22.4 Å². The molecule has 0 unspecified atom stereocenters. The zero-order valence-corrected chi connectivity index (χ0v) is 10.0. The van der Waals surface area contributed by atoms with Gasteiger partial charge in [-0.2, -0.15) is 0 Å². The Morgan fingerprint density at radius 3 is 2.89 bits per heavy atom. The fourth-order valence-corrected chi connectivity index (χ4v) is 2.27. The van der Waals surface area contributed by atoms with Gasteiger partial charge in [-0.3, -0.25) is 9.78 Å². The van der Waals surface area contributed by atoms with Gasteiger partial charge in [-0.1, -0.05) is 18.2 Å². The molecule has 0 saturated heterocycles. The van der Waals surface area contributed by atoms with Crippen molar-refractivity contribution in [1.29, 1.82) is 0 Å². The molecule has 1 aromatic heterocycles. The standard InChI is InChI=1S/C15H14N2O/c18-13-7-2-6-12(10-13)17-14-8-1-4-11-5-3-9-16-15(11)14/h1,3-5,8-10,17H,2,6-7H2. The Kier molecular flexibility index (Phi) is 2.81. The van der Waals surface area contributed by atoms with Gasteiger partial charge in [0.1, 0.15) is 0 Å². The van der Waals surface area contributed by atoms with E-state index in [2.05, 4.69) is 10.3 Å². The molecule has 0 spiro atoms. The summed E-state index contributed by atoms with van der Waals surface area (Å²) < 4.78 is 0. The Hall–Kier alpha value is -2.16. The molecule has 1 aliphatic rings. The number of rotatable bonds is 2. The number of hydrogen-bond acceptors (Lipinski definition) is 3. The van der Waals surface area contributed by atoms with Gasteiger partial charge in [0.05, 0.1) is 11.2 Å². The van der Waals surface area contributed by atoms with Crippen LogP contribution < -0.4 is 5.32 Å². The van der Waals surface area contributed by atoms with E-state index in [4.69, 9.17) is 0 Å². The largest absolute Gasteiger partial charge is 0.357 e. The quantitative estimate of drug-likeness (QED) is 0.873. The molecule has 0 fully saturated rings. The molecule has 0 atom stereocenters. The Bertz CT molecular complexity index is 626. The number of carbonyl (C=O) groups is 1. The van der Waals surface area contributed by atoms with E-state index < -0.39 is 0 Å². The zero-order chi connectivity index (χ0) is 12.4. The SMILES string of the molecule is O=C1C=C(Nc2cccc3cccnc23)CCC1. The van der Waals surface area contributed by atoms with E-state index in [0.29, 0.717) is 6.42 Å². The van der Waals surface area contributed by atoms with E-state index in [-0.39, 0.29) is 5.78 Å². The maximum absolute atomic E-state index is 11.4. The number of nitrogens with one attached hydrogen (secondary N) is 1. The lowest BCUT2D eigenvalue weighted by Crippen LogP contribution is -2.09. The molecule has 3 heteroatoms. The second-order valence-electron chi connectivity index (χ2n) is 4.50. The first-order chi connectivity index (χ1) is 8.83. The van der Waals surface area contributed by atoms with Crippen LogP contribution in [0.3, 0.4) is 0 Å². The van der Waals surface area contributed by atoms with Crippen LogP contribution in [0.1, 0.15) is 19.3 Å².